The summed E-state index contributed by atoms with van der Waals surface area (Å²) >= 11 is 0. The molecule has 2 aromatic carbocycles. The van der Waals surface area contributed by atoms with Crippen LogP contribution in [0.25, 0.3) is 5.69 Å². The van der Waals surface area contributed by atoms with Crippen molar-refractivity contribution < 1.29 is 17.9 Å². The third kappa shape index (κ3) is 4.92. The maximum absolute atomic E-state index is 13.0. The van der Waals surface area contributed by atoms with E-state index in [9.17, 15) is 13.2 Å². The number of nitrogens with one attached hydrogen (secondary N) is 1. The predicted octanol–water partition coefficient (Wildman–Crippen LogP) is 2.38. The molecule has 1 aliphatic rings. The van der Waals surface area contributed by atoms with Crippen LogP contribution in [0.4, 0.5) is 5.69 Å². The average molecular weight is 470 g/mol. The van der Waals surface area contributed by atoms with Crippen LogP contribution in [0.1, 0.15) is 16.1 Å². The first-order valence-corrected chi connectivity index (χ1v) is 12.0. The highest BCUT2D eigenvalue weighted by Crippen LogP contribution is 2.24. The molecule has 0 atom stereocenters. The molecule has 3 aromatic rings. The molecule has 1 aliphatic heterocycles. The molecule has 0 aliphatic carbocycles. The van der Waals surface area contributed by atoms with Gasteiger partial charge in [-0.15, -0.1) is 0 Å². The number of ether oxygens (including phenoxy) is 1. The number of nitrogens with zero attached hydrogens (tertiary/aromatic N) is 4. The molecule has 0 spiro atoms. The van der Waals surface area contributed by atoms with Gasteiger partial charge in [-0.3, -0.25) is 4.79 Å². The number of aromatic nitrogens is 2. The van der Waals surface area contributed by atoms with E-state index < -0.39 is 15.9 Å². The van der Waals surface area contributed by atoms with Gasteiger partial charge in [0.1, 0.15) is 11.4 Å². The Morgan fingerprint density at radius 3 is 2.55 bits per heavy atom. The number of carbonyl (C=O) groups excluding carboxylic acids is 1. The molecule has 10 heteroatoms. The fourth-order valence-electron chi connectivity index (χ4n) is 3.67. The number of anilines is 1. The molecule has 1 saturated heterocycles. The Balaban J connectivity index is 1.52. The lowest BCUT2D eigenvalue weighted by molar-refractivity contribution is 0.102. The minimum absolute atomic E-state index is 0.153. The molecule has 0 unspecified atom stereocenters. The van der Waals surface area contributed by atoms with E-state index in [1.807, 2.05) is 32.2 Å². The summed E-state index contributed by atoms with van der Waals surface area (Å²) in [7, 11) is -0.0838. The number of likely N-dealkylation sites (N-methyl/N-ethyl adjacent to an activating group) is 1. The zero-order chi connectivity index (χ0) is 23.6. The summed E-state index contributed by atoms with van der Waals surface area (Å²) in [5, 5.41) is 7.12. The van der Waals surface area contributed by atoms with Crippen LogP contribution in [0, 0.1) is 6.92 Å². The lowest BCUT2D eigenvalue weighted by Crippen LogP contribution is -2.47. The first-order valence-electron chi connectivity index (χ1n) is 10.6. The van der Waals surface area contributed by atoms with Crippen LogP contribution in [0.15, 0.2) is 59.6 Å². The smallest absolute Gasteiger partial charge is 0.276 e. The van der Waals surface area contributed by atoms with Crippen LogP contribution < -0.4 is 10.1 Å². The molecular weight excluding hydrogens is 442 g/mol. The van der Waals surface area contributed by atoms with Crippen molar-refractivity contribution in [1.29, 1.82) is 0 Å². The van der Waals surface area contributed by atoms with Gasteiger partial charge in [-0.05, 0) is 55.9 Å². The van der Waals surface area contributed by atoms with E-state index in [4.69, 9.17) is 4.74 Å². The normalized spacial score (nSPS) is 15.4. The van der Waals surface area contributed by atoms with E-state index in [1.165, 1.54) is 10.4 Å². The van der Waals surface area contributed by atoms with Crippen molar-refractivity contribution >= 4 is 21.6 Å². The summed E-state index contributed by atoms with van der Waals surface area (Å²) in [5.41, 5.74) is 2.34. The number of piperazine rings is 1. The first kappa shape index (κ1) is 23.0. The number of rotatable bonds is 6. The van der Waals surface area contributed by atoms with Gasteiger partial charge in [-0.2, -0.15) is 9.40 Å². The Hall–Kier alpha value is -3.21. The zero-order valence-electron chi connectivity index (χ0n) is 18.9. The van der Waals surface area contributed by atoms with Crippen molar-refractivity contribution in [3.05, 3.63) is 66.0 Å². The molecule has 1 amide bonds. The number of hydrogen-bond acceptors (Lipinski definition) is 6. The number of benzene rings is 2. The Bertz CT molecular complexity index is 1260. The standard InChI is InChI=1S/C23H27N5O4S/c1-17-7-8-22(32-3)21(15-17)28-10-9-20(25-28)23(29)24-18-5-4-6-19(16-18)33(30,31)27-13-11-26(2)12-14-27/h4-10,15-16H,11-14H2,1-3H3,(H,24,29). The van der Waals surface area contributed by atoms with Gasteiger partial charge < -0.3 is 15.0 Å². The summed E-state index contributed by atoms with van der Waals surface area (Å²) in [6.45, 7) is 4.21. The minimum Gasteiger partial charge on any atom is -0.494 e. The van der Waals surface area contributed by atoms with Gasteiger partial charge in [-0.25, -0.2) is 13.1 Å². The summed E-state index contributed by atoms with van der Waals surface area (Å²) in [6.07, 6.45) is 1.68. The number of methoxy groups -OCH3 is 1. The molecule has 9 nitrogen and oxygen atoms in total. The third-order valence-corrected chi connectivity index (χ3v) is 7.49. The van der Waals surface area contributed by atoms with Crippen molar-refractivity contribution in [3.8, 4) is 11.4 Å². The highest BCUT2D eigenvalue weighted by Gasteiger charge is 2.27. The number of sulfonamides is 1. The SMILES string of the molecule is COc1ccc(C)cc1-n1ccc(C(=O)Nc2cccc(S(=O)(=O)N3CCN(C)CC3)c2)n1. The van der Waals surface area contributed by atoms with Gasteiger partial charge in [0.15, 0.2) is 5.69 Å². The average Bonchev–Trinajstić information content (AvgIpc) is 3.30. The molecule has 0 bridgehead atoms. The molecule has 0 saturated carbocycles. The molecule has 4 rings (SSSR count). The second-order valence-corrected chi connectivity index (χ2v) is 9.95. The van der Waals surface area contributed by atoms with Crippen molar-refractivity contribution in [2.24, 2.45) is 0 Å². The molecule has 2 heterocycles. The zero-order valence-corrected chi connectivity index (χ0v) is 19.7. The Morgan fingerprint density at radius 1 is 1.06 bits per heavy atom. The van der Waals surface area contributed by atoms with Crippen LogP contribution in [-0.4, -0.2) is 73.6 Å². The van der Waals surface area contributed by atoms with Crippen molar-refractivity contribution in [2.45, 2.75) is 11.8 Å². The number of amides is 1. The minimum atomic E-state index is -3.63. The van der Waals surface area contributed by atoms with Crippen LogP contribution in [0.2, 0.25) is 0 Å². The highest BCUT2D eigenvalue weighted by atomic mass is 32.2. The van der Waals surface area contributed by atoms with Crippen LogP contribution in [0.5, 0.6) is 5.75 Å². The highest BCUT2D eigenvalue weighted by molar-refractivity contribution is 7.89. The Morgan fingerprint density at radius 2 is 1.82 bits per heavy atom. The lowest BCUT2D eigenvalue weighted by Gasteiger charge is -2.31. The molecule has 33 heavy (non-hydrogen) atoms. The van der Waals surface area contributed by atoms with Gasteiger partial charge in [0, 0.05) is 38.1 Å². The lowest BCUT2D eigenvalue weighted by atomic mass is 10.2. The van der Waals surface area contributed by atoms with E-state index >= 15 is 0 Å². The monoisotopic (exact) mass is 469 g/mol. The van der Waals surface area contributed by atoms with E-state index in [0.29, 0.717) is 37.6 Å². The van der Waals surface area contributed by atoms with Crippen molar-refractivity contribution in [1.82, 2.24) is 19.0 Å². The van der Waals surface area contributed by atoms with Gasteiger partial charge >= 0.3 is 0 Å². The first-order chi connectivity index (χ1) is 15.8. The third-order valence-electron chi connectivity index (χ3n) is 5.59. The fourth-order valence-corrected chi connectivity index (χ4v) is 5.13. The Labute approximate surface area is 193 Å². The predicted molar refractivity (Wildman–Crippen MR) is 126 cm³/mol. The van der Waals surface area contributed by atoms with Gasteiger partial charge in [0.25, 0.3) is 5.91 Å². The van der Waals surface area contributed by atoms with E-state index in [1.54, 1.807) is 42.3 Å². The van der Waals surface area contributed by atoms with Gasteiger partial charge in [-0.1, -0.05) is 12.1 Å². The Kier molecular flexibility index (Phi) is 6.50. The molecule has 1 N–H and O–H groups in total. The largest absolute Gasteiger partial charge is 0.494 e. The van der Waals surface area contributed by atoms with Crippen LogP contribution in [0.3, 0.4) is 0 Å². The summed E-state index contributed by atoms with van der Waals surface area (Å²) in [6, 6.07) is 13.6. The number of aryl methyl sites for hydroxylation is 1. The second kappa shape index (κ2) is 9.34. The quantitative estimate of drug-likeness (QED) is 0.596. The maximum atomic E-state index is 13.0. The second-order valence-electron chi connectivity index (χ2n) is 8.01. The van der Waals surface area contributed by atoms with Gasteiger partial charge in [0.05, 0.1) is 12.0 Å². The maximum Gasteiger partial charge on any atom is 0.276 e. The van der Waals surface area contributed by atoms with E-state index in [-0.39, 0.29) is 10.6 Å². The van der Waals surface area contributed by atoms with Crippen LogP contribution >= 0.6 is 0 Å². The van der Waals surface area contributed by atoms with Crippen molar-refractivity contribution in [2.75, 3.05) is 45.7 Å². The summed E-state index contributed by atoms with van der Waals surface area (Å²) in [4.78, 5) is 15.0. The number of hydrogen-bond donors (Lipinski definition) is 1. The fraction of sp³-hybridized carbons (Fsp3) is 0.304. The topological polar surface area (TPSA) is 96.8 Å². The van der Waals surface area contributed by atoms with Crippen molar-refractivity contribution in [3.63, 3.8) is 0 Å². The van der Waals surface area contributed by atoms with E-state index in [0.717, 1.165) is 11.3 Å². The summed E-state index contributed by atoms with van der Waals surface area (Å²) < 4.78 is 34.5. The number of carbonyl (C=O) groups is 1. The van der Waals surface area contributed by atoms with Gasteiger partial charge in [0.2, 0.25) is 10.0 Å². The van der Waals surface area contributed by atoms with E-state index in [2.05, 4.69) is 15.3 Å². The molecule has 1 aromatic heterocycles. The molecule has 174 valence electrons. The molecular formula is C23H27N5O4S. The summed E-state index contributed by atoms with van der Waals surface area (Å²) in [5.74, 6) is 0.201. The molecule has 0 radical (unpaired) electrons. The molecule has 1 fully saturated rings. The van der Waals surface area contributed by atoms with Crippen LogP contribution in [-0.2, 0) is 10.0 Å².